The first-order chi connectivity index (χ1) is 11.7. The van der Waals surface area contributed by atoms with Gasteiger partial charge in [-0.1, -0.05) is 36.4 Å². The van der Waals surface area contributed by atoms with Crippen molar-refractivity contribution in [2.45, 2.75) is 0 Å². The Labute approximate surface area is 140 Å². The number of fused-ring (bicyclic) bond motifs is 2. The lowest BCUT2D eigenvalue weighted by Gasteiger charge is -2.22. The molecule has 0 amide bonds. The van der Waals surface area contributed by atoms with Gasteiger partial charge in [0.05, 0.1) is 11.1 Å². The fourth-order valence-corrected chi connectivity index (χ4v) is 2.90. The van der Waals surface area contributed by atoms with Crippen LogP contribution in [0.1, 0.15) is 31.8 Å². The summed E-state index contributed by atoms with van der Waals surface area (Å²) in [5.41, 5.74) is 3.00. The lowest BCUT2D eigenvalue weighted by molar-refractivity contribution is 0.0980. The molecule has 2 aromatic carbocycles. The van der Waals surface area contributed by atoms with Crippen LogP contribution in [0.2, 0.25) is 0 Å². The molecular weight excluding hydrogens is 300 g/mol. The summed E-state index contributed by atoms with van der Waals surface area (Å²) in [6.07, 6.45) is 3.42. The van der Waals surface area contributed by atoms with E-state index in [1.165, 1.54) is 0 Å². The molecule has 0 saturated heterocycles. The van der Waals surface area contributed by atoms with Gasteiger partial charge in [-0.15, -0.1) is 13.2 Å². The van der Waals surface area contributed by atoms with Crippen LogP contribution in [0.4, 0.5) is 11.4 Å². The highest BCUT2D eigenvalue weighted by Crippen LogP contribution is 2.35. The topological polar surface area (TPSA) is 58.2 Å². The first kappa shape index (κ1) is 15.7. The quantitative estimate of drug-likeness (QED) is 0.681. The minimum atomic E-state index is -0.154. The Hall–Kier alpha value is -3.14. The zero-order valence-electron chi connectivity index (χ0n) is 13.3. The number of nitrogens with one attached hydrogen (secondary N) is 2. The van der Waals surface area contributed by atoms with E-state index in [0.717, 1.165) is 0 Å². The van der Waals surface area contributed by atoms with Crippen LogP contribution in [0.25, 0.3) is 0 Å². The van der Waals surface area contributed by atoms with E-state index in [9.17, 15) is 9.59 Å². The summed E-state index contributed by atoms with van der Waals surface area (Å²) in [4.78, 5) is 26.0. The number of benzene rings is 2. The van der Waals surface area contributed by atoms with E-state index in [1.54, 1.807) is 48.6 Å². The normalized spacial score (nSPS) is 12.2. The zero-order valence-corrected chi connectivity index (χ0v) is 13.3. The molecule has 120 valence electrons. The summed E-state index contributed by atoms with van der Waals surface area (Å²) in [6, 6.07) is 10.6. The minimum Gasteiger partial charge on any atom is -0.381 e. The molecule has 1 aliphatic carbocycles. The lowest BCUT2D eigenvalue weighted by Crippen LogP contribution is -2.24. The van der Waals surface area contributed by atoms with Crippen LogP contribution in [-0.4, -0.2) is 24.7 Å². The van der Waals surface area contributed by atoms with Crippen molar-refractivity contribution in [3.05, 3.63) is 84.0 Å². The van der Waals surface area contributed by atoms with Gasteiger partial charge in [0.1, 0.15) is 0 Å². The summed E-state index contributed by atoms with van der Waals surface area (Å²) >= 11 is 0. The van der Waals surface area contributed by atoms with Gasteiger partial charge in [0.25, 0.3) is 0 Å². The second kappa shape index (κ2) is 6.54. The summed E-state index contributed by atoms with van der Waals surface area (Å²) in [5.74, 6) is -0.289. The van der Waals surface area contributed by atoms with Crippen LogP contribution in [-0.2, 0) is 0 Å². The molecule has 0 spiro atoms. The minimum absolute atomic E-state index is 0.135. The Morgan fingerprint density at radius 1 is 0.750 bits per heavy atom. The van der Waals surface area contributed by atoms with Crippen LogP contribution in [0.15, 0.2) is 61.7 Å². The Morgan fingerprint density at radius 2 is 1.21 bits per heavy atom. The third-order valence-electron chi connectivity index (χ3n) is 3.95. The van der Waals surface area contributed by atoms with E-state index in [2.05, 4.69) is 23.8 Å². The third-order valence-corrected chi connectivity index (χ3v) is 3.95. The molecular formula is C20H18N2O2. The van der Waals surface area contributed by atoms with Gasteiger partial charge >= 0.3 is 0 Å². The predicted molar refractivity (Wildman–Crippen MR) is 97.1 cm³/mol. The summed E-state index contributed by atoms with van der Waals surface area (Å²) < 4.78 is 0. The molecule has 0 saturated carbocycles. The molecule has 1 aliphatic rings. The Balaban J connectivity index is 2.16. The molecule has 0 bridgehead atoms. The second-order valence-electron chi connectivity index (χ2n) is 5.45. The summed E-state index contributed by atoms with van der Waals surface area (Å²) in [6.45, 7) is 8.37. The average molecular weight is 318 g/mol. The molecule has 0 aromatic heterocycles. The molecule has 0 aliphatic heterocycles. The highest BCUT2D eigenvalue weighted by Gasteiger charge is 2.33. The van der Waals surface area contributed by atoms with Crippen molar-refractivity contribution in [2.75, 3.05) is 23.7 Å². The lowest BCUT2D eigenvalue weighted by atomic mass is 9.82. The van der Waals surface area contributed by atoms with E-state index in [0.29, 0.717) is 46.7 Å². The van der Waals surface area contributed by atoms with Gasteiger partial charge in [0.15, 0.2) is 11.6 Å². The van der Waals surface area contributed by atoms with Gasteiger partial charge in [-0.05, 0) is 12.1 Å². The smallest absolute Gasteiger partial charge is 0.198 e. The second-order valence-corrected chi connectivity index (χ2v) is 5.45. The molecule has 0 heterocycles. The summed E-state index contributed by atoms with van der Waals surface area (Å²) in [5, 5.41) is 6.28. The first-order valence-electron chi connectivity index (χ1n) is 7.74. The van der Waals surface area contributed by atoms with Gasteiger partial charge < -0.3 is 10.6 Å². The largest absolute Gasteiger partial charge is 0.381 e. The monoisotopic (exact) mass is 318 g/mol. The van der Waals surface area contributed by atoms with Gasteiger partial charge in [0.2, 0.25) is 0 Å². The van der Waals surface area contributed by atoms with Crippen molar-refractivity contribution >= 4 is 22.9 Å². The Bertz CT molecular complexity index is 785. The van der Waals surface area contributed by atoms with Crippen molar-refractivity contribution in [2.24, 2.45) is 0 Å². The fraction of sp³-hybridized carbons (Fsp3) is 0.100. The number of hydrogen-bond donors (Lipinski definition) is 2. The SMILES string of the molecule is C=CCNc1cccc2c1C(=O)c1c(NCC=C)cccc1C2=O. The van der Waals surface area contributed by atoms with E-state index in [-0.39, 0.29) is 11.6 Å². The standard InChI is InChI=1S/C20H18N2O2/c1-3-11-21-15-9-5-7-13-17(15)20(24)18-14(19(13)23)8-6-10-16(18)22-12-4-2/h3-10,21-22H,1-2,11-12H2. The first-order valence-corrected chi connectivity index (χ1v) is 7.74. The Morgan fingerprint density at radius 3 is 1.62 bits per heavy atom. The molecule has 4 nitrogen and oxygen atoms in total. The van der Waals surface area contributed by atoms with E-state index in [4.69, 9.17) is 0 Å². The maximum absolute atomic E-state index is 13.1. The maximum atomic E-state index is 13.1. The molecule has 2 N–H and O–H groups in total. The summed E-state index contributed by atoms with van der Waals surface area (Å²) in [7, 11) is 0. The van der Waals surface area contributed by atoms with Crippen molar-refractivity contribution in [3.8, 4) is 0 Å². The average Bonchev–Trinajstić information content (AvgIpc) is 2.62. The van der Waals surface area contributed by atoms with Crippen molar-refractivity contribution in [3.63, 3.8) is 0 Å². The number of carbonyl (C=O) groups excluding carboxylic acids is 2. The van der Waals surface area contributed by atoms with Gasteiger partial charge in [-0.3, -0.25) is 9.59 Å². The predicted octanol–water partition coefficient (Wildman–Crippen LogP) is 3.66. The molecule has 4 heteroatoms. The van der Waals surface area contributed by atoms with Gasteiger partial charge in [-0.2, -0.15) is 0 Å². The molecule has 0 unspecified atom stereocenters. The van der Waals surface area contributed by atoms with Crippen LogP contribution >= 0.6 is 0 Å². The van der Waals surface area contributed by atoms with E-state index < -0.39 is 0 Å². The molecule has 2 aromatic rings. The van der Waals surface area contributed by atoms with Crippen molar-refractivity contribution < 1.29 is 9.59 Å². The highest BCUT2D eigenvalue weighted by molar-refractivity contribution is 6.31. The van der Waals surface area contributed by atoms with E-state index >= 15 is 0 Å². The Kier molecular flexibility index (Phi) is 4.29. The van der Waals surface area contributed by atoms with Crippen molar-refractivity contribution in [1.29, 1.82) is 0 Å². The molecule has 24 heavy (non-hydrogen) atoms. The molecule has 0 radical (unpaired) electrons. The van der Waals surface area contributed by atoms with Gasteiger partial charge in [0, 0.05) is 35.6 Å². The number of rotatable bonds is 6. The zero-order chi connectivity index (χ0) is 17.1. The molecule has 0 fully saturated rings. The van der Waals surface area contributed by atoms with Crippen molar-refractivity contribution in [1.82, 2.24) is 0 Å². The van der Waals surface area contributed by atoms with Crippen LogP contribution in [0.3, 0.4) is 0 Å². The van der Waals surface area contributed by atoms with Gasteiger partial charge in [-0.25, -0.2) is 0 Å². The number of carbonyl (C=O) groups is 2. The maximum Gasteiger partial charge on any atom is 0.198 e. The van der Waals surface area contributed by atoms with Crippen LogP contribution < -0.4 is 10.6 Å². The fourth-order valence-electron chi connectivity index (χ4n) is 2.90. The third kappa shape index (κ3) is 2.52. The van der Waals surface area contributed by atoms with Crippen LogP contribution in [0.5, 0.6) is 0 Å². The number of anilines is 2. The number of hydrogen-bond acceptors (Lipinski definition) is 4. The van der Waals surface area contributed by atoms with Crippen LogP contribution in [0, 0.1) is 0 Å². The molecule has 0 atom stereocenters. The highest BCUT2D eigenvalue weighted by atomic mass is 16.1. The molecule has 3 rings (SSSR count). The number of ketones is 2. The van der Waals surface area contributed by atoms with E-state index in [1.807, 2.05) is 0 Å².